The average molecular weight is 359 g/mol. The fourth-order valence-electron chi connectivity index (χ4n) is 2.14. The lowest BCUT2D eigenvalue weighted by Gasteiger charge is -2.12. The molecule has 2 N–H and O–H groups in total. The number of H-pyrrole nitrogens is 1. The van der Waals surface area contributed by atoms with Crippen LogP contribution < -0.4 is 14.8 Å². The quantitative estimate of drug-likeness (QED) is 0.705. The summed E-state index contributed by atoms with van der Waals surface area (Å²) in [5.41, 5.74) is 1.26. The number of rotatable bonds is 6. The van der Waals surface area contributed by atoms with Gasteiger partial charge in [0.15, 0.2) is 11.5 Å². The highest BCUT2D eigenvalue weighted by molar-refractivity contribution is 6.31. The van der Waals surface area contributed by atoms with Crippen molar-refractivity contribution in [1.29, 1.82) is 0 Å². The molecule has 0 unspecified atom stereocenters. The van der Waals surface area contributed by atoms with Gasteiger partial charge in [-0.05, 0) is 24.3 Å². The molecule has 1 heterocycles. The van der Waals surface area contributed by atoms with Crippen LogP contribution in [0, 0.1) is 0 Å². The van der Waals surface area contributed by atoms with E-state index in [1.54, 1.807) is 24.3 Å². The van der Waals surface area contributed by atoms with Gasteiger partial charge in [-0.2, -0.15) is 10.1 Å². The Hall–Kier alpha value is -3.06. The standard InChI is InChI=1S/C17H15ClN4O3/c1-24-15-8-11(16(23)21-17-19-10-20-22-17)6-7-14(15)25-9-12-4-2-3-5-13(12)18/h2-8,10H,9H2,1H3,(H2,19,20,21,22,23). The molecule has 0 fully saturated rings. The first-order valence-corrected chi connectivity index (χ1v) is 7.76. The summed E-state index contributed by atoms with van der Waals surface area (Å²) in [6.07, 6.45) is 1.31. The highest BCUT2D eigenvalue weighted by Gasteiger charge is 2.13. The zero-order valence-corrected chi connectivity index (χ0v) is 14.1. The second-order valence-electron chi connectivity index (χ2n) is 5.03. The number of carbonyl (C=O) groups excluding carboxylic acids is 1. The summed E-state index contributed by atoms with van der Waals surface area (Å²) in [5.74, 6) is 0.881. The Morgan fingerprint density at radius 1 is 1.24 bits per heavy atom. The van der Waals surface area contributed by atoms with Crippen LogP contribution in [0.5, 0.6) is 11.5 Å². The summed E-state index contributed by atoms with van der Waals surface area (Å²) >= 11 is 6.12. The smallest absolute Gasteiger partial charge is 0.258 e. The van der Waals surface area contributed by atoms with E-state index in [0.717, 1.165) is 5.56 Å². The molecule has 0 bridgehead atoms. The molecule has 0 atom stereocenters. The fraction of sp³-hybridized carbons (Fsp3) is 0.118. The first kappa shape index (κ1) is 16.8. The SMILES string of the molecule is COc1cc(C(=O)Nc2ncn[nH]2)ccc1OCc1ccccc1Cl. The Balaban J connectivity index is 1.73. The second-order valence-corrected chi connectivity index (χ2v) is 5.44. The predicted octanol–water partition coefficient (Wildman–Crippen LogP) is 3.30. The molecule has 7 nitrogen and oxygen atoms in total. The van der Waals surface area contributed by atoms with Gasteiger partial charge in [0.1, 0.15) is 12.9 Å². The van der Waals surface area contributed by atoms with E-state index >= 15 is 0 Å². The first-order valence-electron chi connectivity index (χ1n) is 7.38. The second kappa shape index (κ2) is 7.67. The fourth-order valence-corrected chi connectivity index (χ4v) is 2.33. The number of aromatic nitrogens is 3. The Morgan fingerprint density at radius 2 is 2.08 bits per heavy atom. The van der Waals surface area contributed by atoms with E-state index < -0.39 is 0 Å². The van der Waals surface area contributed by atoms with Crippen LogP contribution in [0.4, 0.5) is 5.95 Å². The number of halogens is 1. The van der Waals surface area contributed by atoms with Gasteiger partial charge in [0, 0.05) is 16.1 Å². The van der Waals surface area contributed by atoms with Gasteiger partial charge in [0.2, 0.25) is 5.95 Å². The number of anilines is 1. The number of carbonyl (C=O) groups is 1. The molecule has 8 heteroatoms. The van der Waals surface area contributed by atoms with E-state index in [1.165, 1.54) is 13.4 Å². The molecule has 3 aromatic rings. The van der Waals surface area contributed by atoms with Crippen LogP contribution >= 0.6 is 11.6 Å². The molecule has 1 amide bonds. The summed E-state index contributed by atoms with van der Waals surface area (Å²) in [7, 11) is 1.51. The van der Waals surface area contributed by atoms with Gasteiger partial charge in [0.25, 0.3) is 5.91 Å². The maximum atomic E-state index is 12.2. The monoisotopic (exact) mass is 358 g/mol. The number of aromatic amines is 1. The average Bonchev–Trinajstić information content (AvgIpc) is 3.14. The van der Waals surface area contributed by atoms with Crippen LogP contribution in [-0.2, 0) is 6.61 Å². The number of nitrogens with zero attached hydrogens (tertiary/aromatic N) is 2. The van der Waals surface area contributed by atoms with Gasteiger partial charge in [0.05, 0.1) is 7.11 Å². The van der Waals surface area contributed by atoms with Crippen molar-refractivity contribution < 1.29 is 14.3 Å². The van der Waals surface area contributed by atoms with Gasteiger partial charge in [-0.1, -0.05) is 29.8 Å². The Labute approximate surface area is 148 Å². The van der Waals surface area contributed by atoms with E-state index in [0.29, 0.717) is 28.7 Å². The van der Waals surface area contributed by atoms with Crippen molar-refractivity contribution in [3.05, 3.63) is 64.9 Å². The van der Waals surface area contributed by atoms with E-state index in [9.17, 15) is 4.79 Å². The van der Waals surface area contributed by atoms with Crippen molar-refractivity contribution in [3.8, 4) is 11.5 Å². The minimum atomic E-state index is -0.340. The molecule has 25 heavy (non-hydrogen) atoms. The molecular formula is C17H15ClN4O3. The maximum absolute atomic E-state index is 12.2. The topological polar surface area (TPSA) is 89.1 Å². The van der Waals surface area contributed by atoms with Crippen LogP contribution in [0.15, 0.2) is 48.8 Å². The van der Waals surface area contributed by atoms with E-state index in [4.69, 9.17) is 21.1 Å². The van der Waals surface area contributed by atoms with Crippen LogP contribution in [0.3, 0.4) is 0 Å². The summed E-state index contributed by atoms with van der Waals surface area (Å²) in [6.45, 7) is 0.291. The number of ether oxygens (including phenoxy) is 2. The number of nitrogens with one attached hydrogen (secondary N) is 2. The lowest BCUT2D eigenvalue weighted by Crippen LogP contribution is -2.13. The molecule has 0 aliphatic heterocycles. The number of amides is 1. The lowest BCUT2D eigenvalue weighted by atomic mass is 10.2. The van der Waals surface area contributed by atoms with Crippen molar-refractivity contribution in [2.45, 2.75) is 6.61 Å². The molecule has 0 radical (unpaired) electrons. The third-order valence-corrected chi connectivity index (χ3v) is 3.78. The third-order valence-electron chi connectivity index (χ3n) is 3.41. The molecule has 0 spiro atoms. The molecule has 0 saturated heterocycles. The normalized spacial score (nSPS) is 10.3. The Morgan fingerprint density at radius 3 is 2.80 bits per heavy atom. The molecule has 3 rings (SSSR count). The summed E-state index contributed by atoms with van der Waals surface area (Å²) in [5, 5.41) is 9.45. The van der Waals surface area contributed by atoms with E-state index in [2.05, 4.69) is 20.5 Å². The zero-order chi connectivity index (χ0) is 17.6. The van der Waals surface area contributed by atoms with Gasteiger partial charge in [-0.15, -0.1) is 0 Å². The molecule has 0 aliphatic carbocycles. The van der Waals surface area contributed by atoms with Crippen molar-refractivity contribution in [2.75, 3.05) is 12.4 Å². The van der Waals surface area contributed by atoms with E-state index in [-0.39, 0.29) is 11.9 Å². The summed E-state index contributed by atoms with van der Waals surface area (Å²) < 4.78 is 11.1. The van der Waals surface area contributed by atoms with Gasteiger partial charge < -0.3 is 9.47 Å². The number of benzene rings is 2. The first-order chi connectivity index (χ1) is 12.2. The Kier molecular flexibility index (Phi) is 5.15. The Bertz CT molecular complexity index is 868. The highest BCUT2D eigenvalue weighted by Crippen LogP contribution is 2.29. The zero-order valence-electron chi connectivity index (χ0n) is 13.3. The van der Waals surface area contributed by atoms with Gasteiger partial charge in [-0.3, -0.25) is 10.1 Å². The number of hydrogen-bond acceptors (Lipinski definition) is 5. The largest absolute Gasteiger partial charge is 0.493 e. The van der Waals surface area contributed by atoms with Gasteiger partial charge >= 0.3 is 0 Å². The lowest BCUT2D eigenvalue weighted by molar-refractivity contribution is 0.102. The number of hydrogen-bond donors (Lipinski definition) is 2. The van der Waals surface area contributed by atoms with Crippen molar-refractivity contribution in [3.63, 3.8) is 0 Å². The molecule has 2 aromatic carbocycles. The molecule has 0 aliphatic rings. The molecule has 128 valence electrons. The van der Waals surface area contributed by atoms with Crippen LogP contribution in [0.2, 0.25) is 5.02 Å². The van der Waals surface area contributed by atoms with Crippen molar-refractivity contribution in [1.82, 2.24) is 15.2 Å². The summed E-state index contributed by atoms with van der Waals surface area (Å²) in [6, 6.07) is 12.3. The van der Waals surface area contributed by atoms with Crippen LogP contribution in [0.25, 0.3) is 0 Å². The van der Waals surface area contributed by atoms with Crippen molar-refractivity contribution >= 4 is 23.5 Å². The number of methoxy groups -OCH3 is 1. The summed E-state index contributed by atoms with van der Waals surface area (Å²) in [4.78, 5) is 16.0. The van der Waals surface area contributed by atoms with E-state index in [1.807, 2.05) is 18.2 Å². The van der Waals surface area contributed by atoms with Crippen molar-refractivity contribution in [2.24, 2.45) is 0 Å². The third kappa shape index (κ3) is 4.07. The van der Waals surface area contributed by atoms with Crippen LogP contribution in [0.1, 0.15) is 15.9 Å². The minimum Gasteiger partial charge on any atom is -0.493 e. The maximum Gasteiger partial charge on any atom is 0.258 e. The highest BCUT2D eigenvalue weighted by atomic mass is 35.5. The predicted molar refractivity (Wildman–Crippen MR) is 93.1 cm³/mol. The molecule has 0 saturated carbocycles. The molecule has 1 aromatic heterocycles. The van der Waals surface area contributed by atoms with Crippen LogP contribution in [-0.4, -0.2) is 28.2 Å². The molecular weight excluding hydrogens is 344 g/mol. The van der Waals surface area contributed by atoms with Gasteiger partial charge in [-0.25, -0.2) is 5.10 Å². The minimum absolute atomic E-state index is 0.267.